The monoisotopic (exact) mass is 376 g/mol. The number of thioether (sulfide) groups is 1. The molecule has 3 rings (SSSR count). The predicted octanol–water partition coefficient (Wildman–Crippen LogP) is 4.86. The molecule has 1 aromatic carbocycles. The predicted molar refractivity (Wildman–Crippen MR) is 97.1 cm³/mol. The lowest BCUT2D eigenvalue weighted by Crippen LogP contribution is -2.13. The minimum Gasteiger partial charge on any atom is -0.338 e. The number of benzene rings is 1. The first-order valence-corrected chi connectivity index (χ1v) is 9.33. The van der Waals surface area contributed by atoms with Crippen LogP contribution in [0.4, 0.5) is 4.39 Å². The highest BCUT2D eigenvalue weighted by atomic mass is 32.2. The van der Waals surface area contributed by atoms with E-state index in [0.717, 1.165) is 0 Å². The Labute approximate surface area is 155 Å². The van der Waals surface area contributed by atoms with Crippen molar-refractivity contribution in [2.75, 3.05) is 0 Å². The van der Waals surface area contributed by atoms with Crippen LogP contribution in [-0.4, -0.2) is 20.3 Å². The summed E-state index contributed by atoms with van der Waals surface area (Å²) in [5.74, 6) is 2.35. The average Bonchev–Trinajstić information content (AvgIpc) is 3.24. The molecular weight excluding hydrogens is 355 g/mol. The van der Waals surface area contributed by atoms with Gasteiger partial charge < -0.3 is 9.05 Å². The van der Waals surface area contributed by atoms with E-state index in [4.69, 9.17) is 9.05 Å². The molecule has 0 radical (unpaired) electrons. The van der Waals surface area contributed by atoms with Crippen molar-refractivity contribution in [3.63, 3.8) is 0 Å². The van der Waals surface area contributed by atoms with Gasteiger partial charge in [0, 0.05) is 11.0 Å². The third-order valence-corrected chi connectivity index (χ3v) is 4.93. The largest absolute Gasteiger partial charge is 0.338 e. The Morgan fingerprint density at radius 1 is 1.15 bits per heavy atom. The van der Waals surface area contributed by atoms with Gasteiger partial charge in [-0.25, -0.2) is 4.39 Å². The van der Waals surface area contributed by atoms with Crippen LogP contribution in [0.1, 0.15) is 56.1 Å². The molecule has 26 heavy (non-hydrogen) atoms. The molecule has 0 aliphatic rings. The Morgan fingerprint density at radius 3 is 2.58 bits per heavy atom. The lowest BCUT2D eigenvalue weighted by Gasteiger charge is -2.10. The van der Waals surface area contributed by atoms with Gasteiger partial charge in [-0.15, -0.1) is 11.8 Å². The molecule has 0 aliphatic carbocycles. The van der Waals surface area contributed by atoms with Crippen LogP contribution in [0, 0.1) is 12.7 Å². The fourth-order valence-electron chi connectivity index (χ4n) is 2.14. The van der Waals surface area contributed by atoms with Gasteiger partial charge in [-0.1, -0.05) is 43.2 Å². The summed E-state index contributed by atoms with van der Waals surface area (Å²) in [6.45, 7) is 9.77. The highest BCUT2D eigenvalue weighted by molar-refractivity contribution is 7.98. The first-order chi connectivity index (χ1) is 12.2. The van der Waals surface area contributed by atoms with E-state index in [2.05, 4.69) is 20.3 Å². The SMILES string of the molecule is Cc1ccc(-c2noc(C(C)SCc3nc(C(C)(C)C)no3)n2)cc1F. The molecule has 0 fully saturated rings. The van der Waals surface area contributed by atoms with Crippen LogP contribution in [0.3, 0.4) is 0 Å². The Balaban J connectivity index is 1.65. The fourth-order valence-corrected chi connectivity index (χ4v) is 2.88. The van der Waals surface area contributed by atoms with Gasteiger partial charge >= 0.3 is 0 Å². The van der Waals surface area contributed by atoms with E-state index in [0.29, 0.717) is 40.3 Å². The number of hydrogen-bond donors (Lipinski definition) is 0. The Kier molecular flexibility index (Phi) is 5.13. The van der Waals surface area contributed by atoms with Crippen molar-refractivity contribution in [1.29, 1.82) is 0 Å². The molecule has 1 atom stereocenters. The van der Waals surface area contributed by atoms with Crippen molar-refractivity contribution in [3.05, 3.63) is 47.2 Å². The second-order valence-electron chi connectivity index (χ2n) is 7.14. The maximum atomic E-state index is 13.7. The maximum absolute atomic E-state index is 13.7. The summed E-state index contributed by atoms with van der Waals surface area (Å²) < 4.78 is 24.3. The summed E-state index contributed by atoms with van der Waals surface area (Å²) in [4.78, 5) is 8.79. The van der Waals surface area contributed by atoms with Gasteiger partial charge in [0.15, 0.2) is 5.82 Å². The third-order valence-electron chi connectivity index (χ3n) is 3.82. The summed E-state index contributed by atoms with van der Waals surface area (Å²) in [6.07, 6.45) is 0. The number of aryl methyl sites for hydroxylation is 1. The van der Waals surface area contributed by atoms with Crippen LogP contribution in [0.25, 0.3) is 11.4 Å². The van der Waals surface area contributed by atoms with Crippen molar-refractivity contribution in [2.24, 2.45) is 0 Å². The normalized spacial score (nSPS) is 13.2. The summed E-state index contributed by atoms with van der Waals surface area (Å²) >= 11 is 1.55. The first-order valence-electron chi connectivity index (χ1n) is 8.29. The van der Waals surface area contributed by atoms with Crippen LogP contribution < -0.4 is 0 Å². The van der Waals surface area contributed by atoms with Gasteiger partial charge in [0.2, 0.25) is 17.6 Å². The van der Waals surface area contributed by atoms with E-state index in [-0.39, 0.29) is 16.5 Å². The molecule has 0 spiro atoms. The van der Waals surface area contributed by atoms with Crippen molar-refractivity contribution in [3.8, 4) is 11.4 Å². The van der Waals surface area contributed by atoms with Crippen molar-refractivity contribution >= 4 is 11.8 Å². The Hall–Kier alpha value is -2.22. The van der Waals surface area contributed by atoms with Crippen LogP contribution in [0.5, 0.6) is 0 Å². The molecule has 2 heterocycles. The van der Waals surface area contributed by atoms with Gasteiger partial charge in [-0.2, -0.15) is 9.97 Å². The molecule has 8 heteroatoms. The van der Waals surface area contributed by atoms with E-state index >= 15 is 0 Å². The van der Waals surface area contributed by atoms with E-state index in [1.165, 1.54) is 6.07 Å². The van der Waals surface area contributed by atoms with Crippen LogP contribution in [0.2, 0.25) is 0 Å². The van der Waals surface area contributed by atoms with Crippen molar-refractivity contribution in [1.82, 2.24) is 20.3 Å². The molecule has 0 saturated heterocycles. The third kappa shape index (κ3) is 4.12. The molecule has 138 valence electrons. The molecule has 0 N–H and O–H groups in total. The zero-order valence-corrected chi connectivity index (χ0v) is 16.2. The topological polar surface area (TPSA) is 77.8 Å². The van der Waals surface area contributed by atoms with Gasteiger partial charge in [0.25, 0.3) is 0 Å². The summed E-state index contributed by atoms with van der Waals surface area (Å²) in [6, 6.07) is 4.88. The summed E-state index contributed by atoms with van der Waals surface area (Å²) in [5, 5.41) is 7.90. The van der Waals surface area contributed by atoms with Gasteiger partial charge in [-0.3, -0.25) is 0 Å². The number of rotatable bonds is 5. The second kappa shape index (κ2) is 7.19. The average molecular weight is 376 g/mol. The summed E-state index contributed by atoms with van der Waals surface area (Å²) in [5.41, 5.74) is 1.02. The lowest BCUT2D eigenvalue weighted by atomic mass is 9.96. The van der Waals surface area contributed by atoms with E-state index in [1.54, 1.807) is 30.8 Å². The standard InChI is InChI=1S/C18H21FN4O2S/c1-10-6-7-12(8-13(10)19)15-21-16(25-22-15)11(2)26-9-14-20-17(23-24-14)18(3,4)5/h6-8,11H,9H2,1-5H3. The Bertz CT molecular complexity index is 901. The molecule has 6 nitrogen and oxygen atoms in total. The molecule has 0 saturated carbocycles. The van der Waals surface area contributed by atoms with Gasteiger partial charge in [0.05, 0.1) is 11.0 Å². The fraction of sp³-hybridized carbons (Fsp3) is 0.444. The Morgan fingerprint density at radius 2 is 1.92 bits per heavy atom. The van der Waals surface area contributed by atoms with E-state index < -0.39 is 0 Å². The lowest BCUT2D eigenvalue weighted by molar-refractivity contribution is 0.371. The minimum atomic E-state index is -0.290. The quantitative estimate of drug-likeness (QED) is 0.629. The van der Waals surface area contributed by atoms with Crippen molar-refractivity contribution in [2.45, 2.75) is 51.0 Å². The molecular formula is C18H21FN4O2S. The van der Waals surface area contributed by atoms with Crippen LogP contribution in [-0.2, 0) is 11.2 Å². The maximum Gasteiger partial charge on any atom is 0.239 e. The minimum absolute atomic E-state index is 0.0588. The van der Waals surface area contributed by atoms with E-state index in [1.807, 2.05) is 27.7 Å². The summed E-state index contributed by atoms with van der Waals surface area (Å²) in [7, 11) is 0. The highest BCUT2D eigenvalue weighted by Gasteiger charge is 2.22. The number of halogens is 1. The molecule has 0 bridgehead atoms. The van der Waals surface area contributed by atoms with Crippen LogP contribution >= 0.6 is 11.8 Å². The molecule has 0 amide bonds. The van der Waals surface area contributed by atoms with Gasteiger partial charge in [-0.05, 0) is 25.5 Å². The van der Waals surface area contributed by atoms with Gasteiger partial charge in [0.1, 0.15) is 5.82 Å². The number of aromatic nitrogens is 4. The van der Waals surface area contributed by atoms with Crippen molar-refractivity contribution < 1.29 is 13.4 Å². The molecule has 0 aliphatic heterocycles. The second-order valence-corrected chi connectivity index (χ2v) is 8.46. The first kappa shape index (κ1) is 18.6. The molecule has 1 unspecified atom stereocenters. The zero-order valence-electron chi connectivity index (χ0n) is 15.4. The molecule has 2 aromatic heterocycles. The smallest absolute Gasteiger partial charge is 0.239 e. The highest BCUT2D eigenvalue weighted by Crippen LogP contribution is 2.31. The van der Waals surface area contributed by atoms with Crippen LogP contribution in [0.15, 0.2) is 27.2 Å². The zero-order chi connectivity index (χ0) is 18.9. The number of hydrogen-bond acceptors (Lipinski definition) is 7. The molecule has 3 aromatic rings. The number of nitrogens with zero attached hydrogens (tertiary/aromatic N) is 4. The van der Waals surface area contributed by atoms with E-state index in [9.17, 15) is 4.39 Å².